The Bertz CT molecular complexity index is 791. The van der Waals surface area contributed by atoms with Crippen molar-refractivity contribution in [3.63, 3.8) is 0 Å². The molecule has 8 nitrogen and oxygen atoms in total. The summed E-state index contributed by atoms with van der Waals surface area (Å²) in [4.78, 5) is 34.6. The summed E-state index contributed by atoms with van der Waals surface area (Å²) in [6, 6.07) is 6.26. The zero-order chi connectivity index (χ0) is 21.7. The van der Waals surface area contributed by atoms with E-state index >= 15 is 0 Å². The van der Waals surface area contributed by atoms with E-state index in [2.05, 4.69) is 25.4 Å². The number of imide groups is 1. The summed E-state index contributed by atoms with van der Waals surface area (Å²) >= 11 is 0. The summed E-state index contributed by atoms with van der Waals surface area (Å²) in [5.41, 5.74) is 0.233. The molecule has 2 saturated heterocycles. The van der Waals surface area contributed by atoms with Crippen molar-refractivity contribution in [1.82, 2.24) is 20.4 Å². The van der Waals surface area contributed by atoms with E-state index in [1.165, 1.54) is 17.0 Å². The predicted octanol–water partition coefficient (Wildman–Crippen LogP) is 1.63. The van der Waals surface area contributed by atoms with Gasteiger partial charge in [0.15, 0.2) is 5.96 Å². The van der Waals surface area contributed by atoms with Crippen LogP contribution in [0.2, 0.25) is 0 Å². The maximum atomic E-state index is 13.1. The molecule has 3 amide bonds. The Morgan fingerprint density at radius 2 is 1.87 bits per heavy atom. The average Bonchev–Trinajstić information content (AvgIpc) is 2.98. The van der Waals surface area contributed by atoms with Gasteiger partial charge in [0.05, 0.1) is 0 Å². The standard InChI is InChI=1S/C21H31FN6O2/c1-4-21(2)18(29)28(20(30)25-21)11-5-10-24-19(23-3)27-14-12-26(13-15-27)17-8-6-16(22)7-9-17/h6-9H,4-5,10-15H2,1-3H3,(H,23,24)(H,25,30). The van der Waals surface area contributed by atoms with Gasteiger partial charge in [-0.05, 0) is 44.0 Å². The highest BCUT2D eigenvalue weighted by Gasteiger charge is 2.45. The fraction of sp³-hybridized carbons (Fsp3) is 0.571. The highest BCUT2D eigenvalue weighted by molar-refractivity contribution is 6.06. The van der Waals surface area contributed by atoms with Crippen molar-refractivity contribution in [2.24, 2.45) is 4.99 Å². The smallest absolute Gasteiger partial charge is 0.325 e. The largest absolute Gasteiger partial charge is 0.368 e. The van der Waals surface area contributed by atoms with Gasteiger partial charge in [-0.15, -0.1) is 0 Å². The Morgan fingerprint density at radius 1 is 1.20 bits per heavy atom. The van der Waals surface area contributed by atoms with Crippen LogP contribution in [-0.4, -0.2) is 79.6 Å². The van der Waals surface area contributed by atoms with Gasteiger partial charge in [-0.1, -0.05) is 6.92 Å². The van der Waals surface area contributed by atoms with E-state index in [0.717, 1.165) is 37.8 Å². The van der Waals surface area contributed by atoms with Crippen molar-refractivity contribution < 1.29 is 14.0 Å². The monoisotopic (exact) mass is 418 g/mol. The number of nitrogens with zero attached hydrogens (tertiary/aromatic N) is 4. The van der Waals surface area contributed by atoms with Gasteiger partial charge in [-0.25, -0.2) is 9.18 Å². The SMILES string of the molecule is CCC1(C)NC(=O)N(CCCNC(=NC)N2CCN(c3ccc(F)cc3)CC2)C1=O. The average molecular weight is 419 g/mol. The Hall–Kier alpha value is -2.84. The molecule has 3 rings (SSSR count). The number of anilines is 1. The summed E-state index contributed by atoms with van der Waals surface area (Å²) in [7, 11) is 1.75. The third kappa shape index (κ3) is 4.66. The van der Waals surface area contributed by atoms with Crippen molar-refractivity contribution in [1.29, 1.82) is 0 Å². The van der Waals surface area contributed by atoms with Crippen LogP contribution in [0.5, 0.6) is 0 Å². The number of hydrogen-bond donors (Lipinski definition) is 2. The lowest BCUT2D eigenvalue weighted by Crippen LogP contribution is -2.52. The van der Waals surface area contributed by atoms with Crippen molar-refractivity contribution in [3.8, 4) is 0 Å². The zero-order valence-electron chi connectivity index (χ0n) is 17.9. The van der Waals surface area contributed by atoms with Crippen LogP contribution in [0, 0.1) is 5.82 Å². The van der Waals surface area contributed by atoms with E-state index in [1.807, 2.05) is 6.92 Å². The van der Waals surface area contributed by atoms with Gasteiger partial charge in [0.1, 0.15) is 11.4 Å². The van der Waals surface area contributed by atoms with Crippen LogP contribution in [0.25, 0.3) is 0 Å². The molecular formula is C21H31FN6O2. The highest BCUT2D eigenvalue weighted by atomic mass is 19.1. The normalized spacial score (nSPS) is 22.5. The third-order valence-corrected chi connectivity index (χ3v) is 5.88. The lowest BCUT2D eigenvalue weighted by Gasteiger charge is -2.37. The molecule has 0 aliphatic carbocycles. The fourth-order valence-electron chi connectivity index (χ4n) is 3.79. The maximum Gasteiger partial charge on any atom is 0.325 e. The summed E-state index contributed by atoms with van der Waals surface area (Å²) in [6.45, 7) is 7.90. The van der Waals surface area contributed by atoms with Crippen molar-refractivity contribution in [2.45, 2.75) is 32.2 Å². The number of piperazine rings is 1. The number of aliphatic imine (C=N–C) groups is 1. The van der Waals surface area contributed by atoms with E-state index in [9.17, 15) is 14.0 Å². The first kappa shape index (κ1) is 21.9. The van der Waals surface area contributed by atoms with Gasteiger partial charge in [0.2, 0.25) is 0 Å². The summed E-state index contributed by atoms with van der Waals surface area (Å²) in [6.07, 6.45) is 1.22. The Labute approximate surface area is 177 Å². The van der Waals surface area contributed by atoms with Gasteiger partial charge in [-0.2, -0.15) is 0 Å². The molecule has 2 heterocycles. The van der Waals surface area contributed by atoms with E-state index in [0.29, 0.717) is 25.9 Å². The molecule has 0 radical (unpaired) electrons. The molecular weight excluding hydrogens is 387 g/mol. The van der Waals surface area contributed by atoms with Crippen molar-refractivity contribution in [3.05, 3.63) is 30.1 Å². The lowest BCUT2D eigenvalue weighted by molar-refractivity contribution is -0.130. The number of amides is 3. The first-order valence-electron chi connectivity index (χ1n) is 10.5. The molecule has 9 heteroatoms. The molecule has 0 bridgehead atoms. The van der Waals surface area contributed by atoms with E-state index in [-0.39, 0.29) is 17.8 Å². The van der Waals surface area contributed by atoms with Gasteiger partial charge < -0.3 is 20.4 Å². The quantitative estimate of drug-likeness (QED) is 0.318. The lowest BCUT2D eigenvalue weighted by atomic mass is 9.99. The molecule has 0 spiro atoms. The number of guanidine groups is 1. The van der Waals surface area contributed by atoms with Crippen LogP contribution in [0.3, 0.4) is 0 Å². The maximum absolute atomic E-state index is 13.1. The van der Waals surface area contributed by atoms with Crippen LogP contribution in [0.1, 0.15) is 26.7 Å². The minimum Gasteiger partial charge on any atom is -0.368 e. The fourth-order valence-corrected chi connectivity index (χ4v) is 3.79. The number of rotatable bonds is 6. The molecule has 1 atom stereocenters. The van der Waals surface area contributed by atoms with Crippen LogP contribution < -0.4 is 15.5 Å². The zero-order valence-corrected chi connectivity index (χ0v) is 17.9. The first-order chi connectivity index (χ1) is 14.4. The van der Waals surface area contributed by atoms with Crippen LogP contribution >= 0.6 is 0 Å². The summed E-state index contributed by atoms with van der Waals surface area (Å²) < 4.78 is 13.1. The van der Waals surface area contributed by atoms with Crippen LogP contribution in [0.15, 0.2) is 29.3 Å². The second-order valence-electron chi connectivity index (χ2n) is 7.85. The number of hydrogen-bond acceptors (Lipinski definition) is 4. The molecule has 164 valence electrons. The number of nitrogens with one attached hydrogen (secondary N) is 2. The van der Waals surface area contributed by atoms with Crippen molar-refractivity contribution >= 4 is 23.6 Å². The van der Waals surface area contributed by atoms with Gasteiger partial charge in [0, 0.05) is 52.0 Å². The second kappa shape index (κ2) is 9.32. The number of halogens is 1. The van der Waals surface area contributed by atoms with Crippen LogP contribution in [-0.2, 0) is 4.79 Å². The summed E-state index contributed by atoms with van der Waals surface area (Å²) in [5, 5.41) is 6.10. The summed E-state index contributed by atoms with van der Waals surface area (Å²) in [5.74, 6) is 0.426. The third-order valence-electron chi connectivity index (χ3n) is 5.88. The second-order valence-corrected chi connectivity index (χ2v) is 7.85. The molecule has 1 aromatic carbocycles. The van der Waals surface area contributed by atoms with E-state index in [1.54, 1.807) is 26.1 Å². The Kier molecular flexibility index (Phi) is 6.79. The molecule has 2 N–H and O–H groups in total. The minimum absolute atomic E-state index is 0.156. The van der Waals surface area contributed by atoms with Crippen molar-refractivity contribution in [2.75, 3.05) is 51.2 Å². The molecule has 0 aromatic heterocycles. The number of carbonyl (C=O) groups is 2. The number of urea groups is 1. The van der Waals surface area contributed by atoms with Gasteiger partial charge >= 0.3 is 6.03 Å². The minimum atomic E-state index is -0.787. The number of benzene rings is 1. The first-order valence-corrected chi connectivity index (χ1v) is 10.5. The molecule has 0 saturated carbocycles. The molecule has 1 aromatic rings. The molecule has 1 unspecified atom stereocenters. The molecule has 2 aliphatic rings. The van der Waals surface area contributed by atoms with Crippen LogP contribution in [0.4, 0.5) is 14.9 Å². The molecule has 2 aliphatic heterocycles. The predicted molar refractivity (Wildman–Crippen MR) is 115 cm³/mol. The van der Waals surface area contributed by atoms with Gasteiger partial charge in [0.25, 0.3) is 5.91 Å². The van der Waals surface area contributed by atoms with E-state index in [4.69, 9.17) is 0 Å². The molecule has 2 fully saturated rings. The Morgan fingerprint density at radius 3 is 2.43 bits per heavy atom. The Balaban J connectivity index is 1.43. The highest BCUT2D eigenvalue weighted by Crippen LogP contribution is 2.21. The molecule has 30 heavy (non-hydrogen) atoms. The van der Waals surface area contributed by atoms with Gasteiger partial charge in [-0.3, -0.25) is 14.7 Å². The van der Waals surface area contributed by atoms with E-state index < -0.39 is 5.54 Å². The number of carbonyl (C=O) groups excluding carboxylic acids is 2. The topological polar surface area (TPSA) is 80.3 Å².